The smallest absolute Gasteiger partial charge is 0.344 e. The highest BCUT2D eigenvalue weighted by Gasteiger charge is 2.32. The number of fused-ring (bicyclic) bond motifs is 2. The number of ether oxygens (including phenoxy) is 2. The minimum Gasteiger partial charge on any atom is -0.484 e. The Balaban J connectivity index is 1.96. The molecule has 2 aliphatic heterocycles. The number of hydrogen-bond donors (Lipinski definition) is 0. The van der Waals surface area contributed by atoms with Crippen molar-refractivity contribution in [3.63, 3.8) is 0 Å². The maximum Gasteiger partial charge on any atom is 0.344 e. The molecule has 2 aromatic carbocycles. The molecule has 0 saturated heterocycles. The van der Waals surface area contributed by atoms with Crippen LogP contribution in [0.25, 0.3) is 11.5 Å². The Kier molecular flexibility index (Phi) is 2.03. The molecule has 92 valence electrons. The predicted molar refractivity (Wildman–Crippen MR) is 69.9 cm³/mol. The maximum atomic E-state index is 11.8. The molecule has 0 amide bonds. The quantitative estimate of drug-likeness (QED) is 0.673. The van der Waals surface area contributed by atoms with Gasteiger partial charge in [-0.1, -0.05) is 42.5 Å². The fraction of sp³-hybridized carbons (Fsp3) is 0.0625. The van der Waals surface area contributed by atoms with Crippen LogP contribution in [0.5, 0.6) is 0 Å². The van der Waals surface area contributed by atoms with E-state index in [9.17, 15) is 4.79 Å². The average molecular weight is 250 g/mol. The molecule has 2 aromatic rings. The number of cyclic esters (lactones) is 1. The number of rotatable bonds is 0. The lowest BCUT2D eigenvalue weighted by atomic mass is 10.0. The predicted octanol–water partition coefficient (Wildman–Crippen LogP) is 3.21. The molecule has 0 atom stereocenters. The van der Waals surface area contributed by atoms with E-state index in [1.54, 1.807) is 6.07 Å². The summed E-state index contributed by atoms with van der Waals surface area (Å²) in [5.74, 6) is 0.880. The normalized spacial score (nSPS) is 19.7. The van der Waals surface area contributed by atoms with Crippen LogP contribution in [0.3, 0.4) is 0 Å². The van der Waals surface area contributed by atoms with Crippen molar-refractivity contribution in [2.24, 2.45) is 0 Å². The summed E-state index contributed by atoms with van der Waals surface area (Å²) in [5.41, 5.74) is 3.52. The molecule has 0 unspecified atom stereocenters. The number of benzene rings is 2. The molecule has 0 spiro atoms. The molecule has 2 aliphatic rings. The highest BCUT2D eigenvalue weighted by Crippen LogP contribution is 2.40. The zero-order valence-corrected chi connectivity index (χ0v) is 10.1. The van der Waals surface area contributed by atoms with Gasteiger partial charge in [0.25, 0.3) is 0 Å². The zero-order valence-electron chi connectivity index (χ0n) is 10.1. The van der Waals surface area contributed by atoms with E-state index < -0.39 is 0 Å². The first kappa shape index (κ1) is 10.4. The molecule has 0 aromatic heterocycles. The summed E-state index contributed by atoms with van der Waals surface area (Å²) in [4.78, 5) is 11.8. The monoisotopic (exact) mass is 250 g/mol. The van der Waals surface area contributed by atoms with Gasteiger partial charge in [-0.25, -0.2) is 4.79 Å². The number of hydrogen-bond acceptors (Lipinski definition) is 3. The molecule has 3 nitrogen and oxygen atoms in total. The Labute approximate surface area is 110 Å². The summed E-state index contributed by atoms with van der Waals surface area (Å²) in [7, 11) is 0. The SMILES string of the molecule is O=C1O/C(=C2\OCc3ccccc32)c2ccccc21. The lowest BCUT2D eigenvalue weighted by Crippen LogP contribution is -1.93. The molecule has 0 radical (unpaired) electrons. The van der Waals surface area contributed by atoms with Crippen molar-refractivity contribution in [1.82, 2.24) is 0 Å². The minimum atomic E-state index is -0.314. The maximum absolute atomic E-state index is 11.8. The third-order valence-electron chi connectivity index (χ3n) is 3.43. The van der Waals surface area contributed by atoms with Gasteiger partial charge in [-0.2, -0.15) is 0 Å². The third kappa shape index (κ3) is 1.41. The first-order valence-corrected chi connectivity index (χ1v) is 6.11. The second kappa shape index (κ2) is 3.72. The molecule has 19 heavy (non-hydrogen) atoms. The van der Waals surface area contributed by atoms with E-state index in [-0.39, 0.29) is 5.97 Å². The van der Waals surface area contributed by atoms with Crippen LogP contribution in [0.4, 0.5) is 0 Å². The second-order valence-electron chi connectivity index (χ2n) is 4.54. The van der Waals surface area contributed by atoms with Gasteiger partial charge in [0.1, 0.15) is 6.61 Å². The number of carbonyl (C=O) groups excluding carboxylic acids is 1. The van der Waals surface area contributed by atoms with Gasteiger partial charge >= 0.3 is 5.97 Å². The Morgan fingerprint density at radius 3 is 2.32 bits per heavy atom. The first-order valence-electron chi connectivity index (χ1n) is 6.11. The molecule has 4 rings (SSSR count). The molecular formula is C16H10O3. The molecule has 2 heterocycles. The van der Waals surface area contributed by atoms with Crippen molar-refractivity contribution in [3.8, 4) is 0 Å². The van der Waals surface area contributed by atoms with Crippen molar-refractivity contribution in [2.45, 2.75) is 6.61 Å². The van der Waals surface area contributed by atoms with Crippen LogP contribution in [-0.2, 0) is 16.1 Å². The topological polar surface area (TPSA) is 35.5 Å². The largest absolute Gasteiger partial charge is 0.484 e. The summed E-state index contributed by atoms with van der Waals surface area (Å²) in [5, 5.41) is 0. The van der Waals surface area contributed by atoms with Crippen LogP contribution in [0.2, 0.25) is 0 Å². The van der Waals surface area contributed by atoms with E-state index in [0.29, 0.717) is 23.7 Å². The van der Waals surface area contributed by atoms with Gasteiger partial charge < -0.3 is 9.47 Å². The Morgan fingerprint density at radius 1 is 0.789 bits per heavy atom. The fourth-order valence-corrected chi connectivity index (χ4v) is 2.51. The highest BCUT2D eigenvalue weighted by molar-refractivity contribution is 6.07. The summed E-state index contributed by atoms with van der Waals surface area (Å²) < 4.78 is 11.1. The molecule has 0 saturated carbocycles. The Bertz CT molecular complexity index is 728. The van der Waals surface area contributed by atoms with Gasteiger partial charge in [0, 0.05) is 16.7 Å². The van der Waals surface area contributed by atoms with Crippen molar-refractivity contribution in [3.05, 3.63) is 70.8 Å². The first-order chi connectivity index (χ1) is 9.34. The van der Waals surface area contributed by atoms with Gasteiger partial charge in [-0.3, -0.25) is 0 Å². The van der Waals surface area contributed by atoms with Crippen molar-refractivity contribution in [2.75, 3.05) is 0 Å². The van der Waals surface area contributed by atoms with Crippen LogP contribution < -0.4 is 0 Å². The molecule has 0 N–H and O–H groups in total. The molecule has 3 heteroatoms. The summed E-state index contributed by atoms with van der Waals surface area (Å²) >= 11 is 0. The average Bonchev–Trinajstić information content (AvgIpc) is 3.01. The van der Waals surface area contributed by atoms with E-state index in [1.807, 2.05) is 42.5 Å². The van der Waals surface area contributed by atoms with Crippen molar-refractivity contribution in [1.29, 1.82) is 0 Å². The van der Waals surface area contributed by atoms with Crippen LogP contribution in [-0.4, -0.2) is 5.97 Å². The summed E-state index contributed by atoms with van der Waals surface area (Å²) in [6.45, 7) is 0.523. The second-order valence-corrected chi connectivity index (χ2v) is 4.54. The Hall–Kier alpha value is -2.55. The van der Waals surface area contributed by atoms with E-state index in [0.717, 1.165) is 16.7 Å². The van der Waals surface area contributed by atoms with Crippen molar-refractivity contribution < 1.29 is 14.3 Å². The lowest BCUT2D eigenvalue weighted by Gasteiger charge is -2.04. The minimum absolute atomic E-state index is 0.314. The molecular weight excluding hydrogens is 240 g/mol. The number of esters is 1. The molecule has 0 bridgehead atoms. The van der Waals surface area contributed by atoms with E-state index in [4.69, 9.17) is 9.47 Å². The zero-order chi connectivity index (χ0) is 12.8. The highest BCUT2D eigenvalue weighted by atomic mass is 16.6. The standard InChI is InChI=1S/C16H10O3/c17-16-13-8-4-3-7-12(13)15(19-16)14-11-6-2-1-5-10(11)9-18-14/h1-8H,9H2/b15-14-. The van der Waals surface area contributed by atoms with Crippen LogP contribution >= 0.6 is 0 Å². The summed E-state index contributed by atoms with van der Waals surface area (Å²) in [6, 6.07) is 15.3. The van der Waals surface area contributed by atoms with Crippen molar-refractivity contribution >= 4 is 17.5 Å². The van der Waals surface area contributed by atoms with E-state index >= 15 is 0 Å². The Morgan fingerprint density at radius 2 is 1.47 bits per heavy atom. The third-order valence-corrected chi connectivity index (χ3v) is 3.43. The van der Waals surface area contributed by atoms with Crippen LogP contribution in [0.1, 0.15) is 27.0 Å². The summed E-state index contributed by atoms with van der Waals surface area (Å²) in [6.07, 6.45) is 0. The van der Waals surface area contributed by atoms with Gasteiger partial charge in [0.05, 0.1) is 5.56 Å². The van der Waals surface area contributed by atoms with Gasteiger partial charge in [0.2, 0.25) is 0 Å². The van der Waals surface area contributed by atoms with Gasteiger partial charge in [0.15, 0.2) is 11.5 Å². The molecule has 0 aliphatic carbocycles. The van der Waals surface area contributed by atoms with E-state index in [2.05, 4.69) is 0 Å². The van der Waals surface area contributed by atoms with Gasteiger partial charge in [-0.05, 0) is 6.07 Å². The fourth-order valence-electron chi connectivity index (χ4n) is 2.51. The molecule has 0 fully saturated rings. The van der Waals surface area contributed by atoms with Crippen LogP contribution in [0.15, 0.2) is 48.5 Å². The van der Waals surface area contributed by atoms with Gasteiger partial charge in [-0.15, -0.1) is 0 Å². The van der Waals surface area contributed by atoms with E-state index in [1.165, 1.54) is 0 Å². The lowest BCUT2D eigenvalue weighted by molar-refractivity contribution is 0.0712. The van der Waals surface area contributed by atoms with Crippen LogP contribution in [0, 0.1) is 0 Å². The number of carbonyl (C=O) groups is 1.